The molecule has 2 aromatic rings. The van der Waals surface area contributed by atoms with E-state index in [4.69, 9.17) is 27.5 Å². The average Bonchev–Trinajstić information content (AvgIpc) is 2.80. The topological polar surface area (TPSA) is 59.1 Å². The van der Waals surface area contributed by atoms with Crippen LogP contribution >= 0.6 is 22.9 Å². The molecule has 0 aliphatic heterocycles. The lowest BCUT2D eigenvalue weighted by Crippen LogP contribution is -2.10. The van der Waals surface area contributed by atoms with Gasteiger partial charge in [0.25, 0.3) is 0 Å². The fraction of sp³-hybridized carbons (Fsp3) is 0.0833. The van der Waals surface area contributed by atoms with Crippen LogP contribution in [-0.4, -0.2) is 5.84 Å². The van der Waals surface area contributed by atoms with Crippen LogP contribution in [0.5, 0.6) is 5.75 Å². The molecule has 0 radical (unpaired) electrons. The van der Waals surface area contributed by atoms with Gasteiger partial charge in [0.1, 0.15) is 18.2 Å². The van der Waals surface area contributed by atoms with Gasteiger partial charge in [-0.05, 0) is 29.6 Å². The van der Waals surface area contributed by atoms with Crippen molar-refractivity contribution in [3.05, 3.63) is 51.2 Å². The molecule has 3 nitrogen and oxygen atoms in total. The van der Waals surface area contributed by atoms with E-state index in [1.165, 1.54) is 0 Å². The smallest absolute Gasteiger partial charge is 0.138 e. The van der Waals surface area contributed by atoms with E-state index in [-0.39, 0.29) is 5.84 Å². The normalized spacial score (nSPS) is 10.2. The van der Waals surface area contributed by atoms with Crippen LogP contribution < -0.4 is 10.5 Å². The van der Waals surface area contributed by atoms with Crippen molar-refractivity contribution in [1.82, 2.24) is 0 Å². The molecule has 5 heteroatoms. The van der Waals surface area contributed by atoms with Gasteiger partial charge in [0, 0.05) is 10.4 Å². The Bertz CT molecular complexity index is 525. The van der Waals surface area contributed by atoms with Crippen LogP contribution in [-0.2, 0) is 6.61 Å². The maximum Gasteiger partial charge on any atom is 0.138 e. The molecule has 0 bridgehead atoms. The van der Waals surface area contributed by atoms with Crippen molar-refractivity contribution in [2.45, 2.75) is 6.61 Å². The van der Waals surface area contributed by atoms with Crippen molar-refractivity contribution >= 4 is 28.8 Å². The molecule has 0 saturated heterocycles. The zero-order valence-electron chi connectivity index (χ0n) is 8.94. The fourth-order valence-corrected chi connectivity index (χ4v) is 2.18. The third-order valence-electron chi connectivity index (χ3n) is 2.19. The number of nitrogens with two attached hydrogens (primary N) is 1. The second-order valence-electron chi connectivity index (χ2n) is 3.43. The molecule has 1 heterocycles. The van der Waals surface area contributed by atoms with Crippen LogP contribution in [0.1, 0.15) is 10.4 Å². The SMILES string of the molecule is N=C(N)c1ccc(OCc2cccs2)c(Cl)c1. The summed E-state index contributed by atoms with van der Waals surface area (Å²) in [6, 6.07) is 9.06. The Kier molecular flexibility index (Phi) is 3.66. The number of nitrogens with one attached hydrogen (secondary N) is 1. The minimum Gasteiger partial charge on any atom is -0.487 e. The first-order valence-corrected chi connectivity index (χ1v) is 6.21. The third-order valence-corrected chi connectivity index (χ3v) is 3.34. The van der Waals surface area contributed by atoms with Gasteiger partial charge in [-0.3, -0.25) is 5.41 Å². The van der Waals surface area contributed by atoms with Crippen molar-refractivity contribution in [3.8, 4) is 5.75 Å². The standard InChI is InChI=1S/C12H11ClN2OS/c13-10-6-8(12(14)15)3-4-11(10)16-7-9-2-1-5-17-9/h1-6H,7H2,(H3,14,15). The van der Waals surface area contributed by atoms with Crippen LogP contribution in [0, 0.1) is 5.41 Å². The van der Waals surface area contributed by atoms with Gasteiger partial charge in [0.2, 0.25) is 0 Å². The number of hydrogen-bond acceptors (Lipinski definition) is 3. The predicted octanol–water partition coefficient (Wildman–Crippen LogP) is 3.26. The van der Waals surface area contributed by atoms with Gasteiger partial charge in [-0.2, -0.15) is 0 Å². The molecule has 0 aliphatic carbocycles. The van der Waals surface area contributed by atoms with Crippen molar-refractivity contribution < 1.29 is 4.74 Å². The van der Waals surface area contributed by atoms with E-state index in [9.17, 15) is 0 Å². The maximum atomic E-state index is 7.30. The Morgan fingerprint density at radius 2 is 2.24 bits per heavy atom. The van der Waals surface area contributed by atoms with Gasteiger partial charge in [0.05, 0.1) is 5.02 Å². The molecule has 0 saturated carbocycles. The zero-order chi connectivity index (χ0) is 12.3. The second-order valence-corrected chi connectivity index (χ2v) is 4.87. The summed E-state index contributed by atoms with van der Waals surface area (Å²) in [4.78, 5) is 1.14. The van der Waals surface area contributed by atoms with E-state index in [0.29, 0.717) is 22.9 Å². The highest BCUT2D eigenvalue weighted by molar-refractivity contribution is 7.09. The first-order chi connectivity index (χ1) is 8.16. The lowest BCUT2D eigenvalue weighted by atomic mass is 10.2. The van der Waals surface area contributed by atoms with Gasteiger partial charge in [0.15, 0.2) is 0 Å². The predicted molar refractivity (Wildman–Crippen MR) is 71.1 cm³/mol. The van der Waals surface area contributed by atoms with E-state index < -0.39 is 0 Å². The maximum absolute atomic E-state index is 7.30. The third kappa shape index (κ3) is 2.99. The molecule has 1 aromatic heterocycles. The zero-order valence-corrected chi connectivity index (χ0v) is 10.5. The summed E-state index contributed by atoms with van der Waals surface area (Å²) >= 11 is 7.67. The number of halogens is 1. The molecule has 0 spiro atoms. The van der Waals surface area contributed by atoms with Crippen LogP contribution in [0.4, 0.5) is 0 Å². The molecule has 0 atom stereocenters. The van der Waals surface area contributed by atoms with E-state index >= 15 is 0 Å². The van der Waals surface area contributed by atoms with Crippen molar-refractivity contribution in [3.63, 3.8) is 0 Å². The van der Waals surface area contributed by atoms with E-state index in [1.807, 2.05) is 17.5 Å². The summed E-state index contributed by atoms with van der Waals surface area (Å²) in [6.45, 7) is 0.497. The van der Waals surface area contributed by atoms with Crippen molar-refractivity contribution in [2.75, 3.05) is 0 Å². The Balaban J connectivity index is 2.09. The molecule has 17 heavy (non-hydrogen) atoms. The largest absolute Gasteiger partial charge is 0.487 e. The van der Waals surface area contributed by atoms with Crippen molar-refractivity contribution in [1.29, 1.82) is 5.41 Å². The Morgan fingerprint density at radius 3 is 2.82 bits per heavy atom. The van der Waals surface area contributed by atoms with Crippen molar-refractivity contribution in [2.24, 2.45) is 5.73 Å². The van der Waals surface area contributed by atoms with Gasteiger partial charge in [-0.15, -0.1) is 11.3 Å². The number of ether oxygens (including phenoxy) is 1. The number of amidine groups is 1. The molecule has 88 valence electrons. The summed E-state index contributed by atoms with van der Waals surface area (Å²) < 4.78 is 5.58. The summed E-state index contributed by atoms with van der Waals surface area (Å²) in [5.74, 6) is 0.599. The highest BCUT2D eigenvalue weighted by atomic mass is 35.5. The molecule has 2 rings (SSSR count). The van der Waals surface area contributed by atoms with E-state index in [1.54, 1.807) is 29.5 Å². The molecular weight excluding hydrogens is 256 g/mol. The lowest BCUT2D eigenvalue weighted by molar-refractivity contribution is 0.310. The molecular formula is C12H11ClN2OS. The first kappa shape index (κ1) is 12.0. The summed E-state index contributed by atoms with van der Waals surface area (Å²) in [6.07, 6.45) is 0. The number of thiophene rings is 1. The number of nitrogen functional groups attached to an aromatic ring is 1. The molecule has 0 unspecified atom stereocenters. The highest BCUT2D eigenvalue weighted by Gasteiger charge is 2.05. The molecule has 0 aliphatic rings. The number of rotatable bonds is 4. The molecule has 3 N–H and O–H groups in total. The van der Waals surface area contributed by atoms with E-state index in [2.05, 4.69) is 0 Å². The monoisotopic (exact) mass is 266 g/mol. The van der Waals surface area contributed by atoms with Gasteiger partial charge >= 0.3 is 0 Å². The highest BCUT2D eigenvalue weighted by Crippen LogP contribution is 2.26. The minimum absolute atomic E-state index is 0.00305. The van der Waals surface area contributed by atoms with E-state index in [0.717, 1.165) is 4.88 Å². The minimum atomic E-state index is -0.00305. The van der Waals surface area contributed by atoms with Crippen LogP contribution in [0.25, 0.3) is 0 Å². The number of benzene rings is 1. The summed E-state index contributed by atoms with van der Waals surface area (Å²) in [7, 11) is 0. The first-order valence-electron chi connectivity index (χ1n) is 4.96. The Labute approximate surface area is 108 Å². The van der Waals surface area contributed by atoms with Gasteiger partial charge < -0.3 is 10.5 Å². The molecule has 1 aromatic carbocycles. The average molecular weight is 267 g/mol. The Morgan fingerprint density at radius 1 is 1.41 bits per heavy atom. The Hall–Kier alpha value is -1.52. The fourth-order valence-electron chi connectivity index (χ4n) is 1.33. The quantitative estimate of drug-likeness (QED) is 0.659. The van der Waals surface area contributed by atoms with Crippen LogP contribution in [0.3, 0.4) is 0 Å². The van der Waals surface area contributed by atoms with Crippen LogP contribution in [0.15, 0.2) is 35.7 Å². The van der Waals surface area contributed by atoms with Crippen LogP contribution in [0.2, 0.25) is 5.02 Å². The lowest BCUT2D eigenvalue weighted by Gasteiger charge is -2.08. The summed E-state index contributed by atoms with van der Waals surface area (Å²) in [5, 5.41) is 9.76. The van der Waals surface area contributed by atoms with Gasteiger partial charge in [-0.25, -0.2) is 0 Å². The number of hydrogen-bond donors (Lipinski definition) is 2. The molecule has 0 amide bonds. The summed E-state index contributed by atoms with van der Waals surface area (Å²) in [5.41, 5.74) is 5.97. The molecule has 0 fully saturated rings. The van der Waals surface area contributed by atoms with Gasteiger partial charge in [-0.1, -0.05) is 17.7 Å². The second kappa shape index (κ2) is 5.21.